The Morgan fingerprint density at radius 2 is 1.75 bits per heavy atom. The fourth-order valence-corrected chi connectivity index (χ4v) is 1.87. The summed E-state index contributed by atoms with van der Waals surface area (Å²) >= 11 is 1.71. The molecule has 0 aliphatic heterocycles. The Morgan fingerprint density at radius 3 is 2.30 bits per heavy atom. The minimum atomic E-state index is -0.109. The number of halogens is 1. The number of nitrogens with one attached hydrogen (secondary N) is 2. The lowest BCUT2D eigenvalue weighted by molar-refractivity contribution is -0.121. The van der Waals surface area contributed by atoms with Crippen LogP contribution in [0.1, 0.15) is 25.3 Å². The predicted molar refractivity (Wildman–Crippen MR) is 85.7 cm³/mol. The highest BCUT2D eigenvalue weighted by Gasteiger charge is 2.03. The standard InChI is InChI=1S/C14H17IN2O3/c1-10(18)17-12-5-2-11(3-6-12)4-7-14(20)16-9-8-13(15)19/h2-3,5-6H,4,7-9H2,1H3,(H,16,20)(H,17,18). The second-order valence-electron chi connectivity index (χ2n) is 4.33. The molecule has 0 saturated heterocycles. The van der Waals surface area contributed by atoms with Crippen LogP contribution in [0.15, 0.2) is 24.3 Å². The van der Waals surface area contributed by atoms with Crippen LogP contribution in [0.2, 0.25) is 0 Å². The van der Waals surface area contributed by atoms with Gasteiger partial charge in [0.25, 0.3) is 0 Å². The zero-order chi connectivity index (χ0) is 15.0. The highest BCUT2D eigenvalue weighted by Crippen LogP contribution is 2.11. The molecule has 20 heavy (non-hydrogen) atoms. The molecular weight excluding hydrogens is 371 g/mol. The van der Waals surface area contributed by atoms with Crippen LogP contribution in [-0.4, -0.2) is 22.1 Å². The minimum Gasteiger partial charge on any atom is -0.356 e. The molecule has 108 valence electrons. The van der Waals surface area contributed by atoms with Crippen LogP contribution in [0.3, 0.4) is 0 Å². The van der Waals surface area contributed by atoms with Gasteiger partial charge in [-0.25, -0.2) is 0 Å². The topological polar surface area (TPSA) is 75.3 Å². The van der Waals surface area contributed by atoms with Crippen molar-refractivity contribution in [3.8, 4) is 0 Å². The molecule has 5 nitrogen and oxygen atoms in total. The summed E-state index contributed by atoms with van der Waals surface area (Å²) in [6, 6.07) is 7.38. The second kappa shape index (κ2) is 8.68. The molecule has 1 rings (SSSR count). The number of hydrogen-bond acceptors (Lipinski definition) is 3. The molecule has 0 aromatic heterocycles. The Balaban J connectivity index is 2.32. The van der Waals surface area contributed by atoms with E-state index in [2.05, 4.69) is 10.6 Å². The molecule has 6 heteroatoms. The van der Waals surface area contributed by atoms with Gasteiger partial charge in [-0.1, -0.05) is 12.1 Å². The maximum Gasteiger partial charge on any atom is 0.221 e. The fraction of sp³-hybridized carbons (Fsp3) is 0.357. The fourth-order valence-electron chi connectivity index (χ4n) is 1.60. The van der Waals surface area contributed by atoms with Crippen molar-refractivity contribution in [2.24, 2.45) is 0 Å². The van der Waals surface area contributed by atoms with E-state index in [1.54, 1.807) is 22.6 Å². The molecule has 1 aromatic rings. The van der Waals surface area contributed by atoms with Crippen molar-refractivity contribution in [3.05, 3.63) is 29.8 Å². The maximum atomic E-state index is 11.5. The van der Waals surface area contributed by atoms with Crippen LogP contribution < -0.4 is 10.6 Å². The van der Waals surface area contributed by atoms with E-state index in [0.29, 0.717) is 25.8 Å². The SMILES string of the molecule is CC(=O)Nc1ccc(CCC(=O)NCCC(=O)I)cc1. The lowest BCUT2D eigenvalue weighted by atomic mass is 10.1. The quantitative estimate of drug-likeness (QED) is 0.555. The third-order valence-electron chi connectivity index (χ3n) is 2.56. The molecule has 0 unspecified atom stereocenters. The van der Waals surface area contributed by atoms with Crippen LogP contribution >= 0.6 is 22.6 Å². The van der Waals surface area contributed by atoms with Gasteiger partial charge in [0, 0.05) is 32.0 Å². The Morgan fingerprint density at radius 1 is 1.10 bits per heavy atom. The lowest BCUT2D eigenvalue weighted by Crippen LogP contribution is -2.25. The van der Waals surface area contributed by atoms with Gasteiger partial charge in [-0.2, -0.15) is 0 Å². The Bertz CT molecular complexity index is 486. The molecule has 2 amide bonds. The maximum absolute atomic E-state index is 11.5. The number of carbonyl (C=O) groups excluding carboxylic acids is 3. The summed E-state index contributed by atoms with van der Waals surface area (Å²) < 4.78 is 0.0384. The second-order valence-corrected chi connectivity index (χ2v) is 5.54. The van der Waals surface area contributed by atoms with Gasteiger partial charge in [0.05, 0.1) is 0 Å². The smallest absolute Gasteiger partial charge is 0.221 e. The van der Waals surface area contributed by atoms with Crippen molar-refractivity contribution >= 4 is 43.9 Å². The largest absolute Gasteiger partial charge is 0.356 e. The predicted octanol–water partition coefficient (Wildman–Crippen LogP) is 2.05. The summed E-state index contributed by atoms with van der Waals surface area (Å²) in [7, 11) is 0. The van der Waals surface area contributed by atoms with E-state index < -0.39 is 0 Å². The van der Waals surface area contributed by atoms with E-state index in [-0.39, 0.29) is 15.6 Å². The highest BCUT2D eigenvalue weighted by atomic mass is 127. The molecule has 0 bridgehead atoms. The number of carbonyl (C=O) groups is 3. The number of aryl methyl sites for hydroxylation is 1. The van der Waals surface area contributed by atoms with E-state index in [1.807, 2.05) is 24.3 Å². The van der Waals surface area contributed by atoms with Crippen molar-refractivity contribution in [3.63, 3.8) is 0 Å². The highest BCUT2D eigenvalue weighted by molar-refractivity contribution is 14.1. The number of amides is 2. The minimum absolute atomic E-state index is 0.0384. The van der Waals surface area contributed by atoms with E-state index in [9.17, 15) is 14.4 Å². The van der Waals surface area contributed by atoms with Gasteiger partial charge >= 0.3 is 0 Å². The summed E-state index contributed by atoms with van der Waals surface area (Å²) in [5.41, 5.74) is 1.77. The molecule has 0 fully saturated rings. The number of benzene rings is 1. The molecular formula is C14H17IN2O3. The van der Waals surface area contributed by atoms with E-state index in [1.165, 1.54) is 6.92 Å². The van der Waals surface area contributed by atoms with Gasteiger partial charge in [-0.3, -0.25) is 14.4 Å². The zero-order valence-electron chi connectivity index (χ0n) is 11.2. The molecule has 0 heterocycles. The molecule has 0 spiro atoms. The van der Waals surface area contributed by atoms with E-state index >= 15 is 0 Å². The van der Waals surface area contributed by atoms with Gasteiger partial charge in [0.2, 0.25) is 11.8 Å². The van der Waals surface area contributed by atoms with Gasteiger partial charge in [0.1, 0.15) is 0 Å². The normalized spacial score (nSPS) is 9.90. The Kier molecular flexibility index (Phi) is 7.21. The first-order valence-electron chi connectivity index (χ1n) is 6.29. The first kappa shape index (κ1) is 16.6. The van der Waals surface area contributed by atoms with Crippen LogP contribution in [0.4, 0.5) is 5.69 Å². The summed E-state index contributed by atoms with van der Waals surface area (Å²) in [5, 5.41) is 5.38. The Labute approximate surface area is 131 Å². The van der Waals surface area contributed by atoms with Crippen LogP contribution in [0.25, 0.3) is 0 Å². The molecule has 1 aromatic carbocycles. The monoisotopic (exact) mass is 388 g/mol. The van der Waals surface area contributed by atoms with Crippen molar-refractivity contribution in [2.45, 2.75) is 26.2 Å². The molecule has 2 N–H and O–H groups in total. The number of hydrogen-bond donors (Lipinski definition) is 2. The molecule has 0 aliphatic rings. The third-order valence-corrected chi connectivity index (χ3v) is 3.10. The first-order chi connectivity index (χ1) is 9.47. The third kappa shape index (κ3) is 7.22. The van der Waals surface area contributed by atoms with Gasteiger partial charge in [-0.05, 0) is 46.7 Å². The van der Waals surface area contributed by atoms with Gasteiger partial charge < -0.3 is 10.6 Å². The average molecular weight is 388 g/mol. The Hall–Kier alpha value is -1.44. The molecule has 0 radical (unpaired) electrons. The van der Waals surface area contributed by atoms with Crippen LogP contribution in [-0.2, 0) is 20.8 Å². The summed E-state index contributed by atoms with van der Waals surface area (Å²) in [4.78, 5) is 33.1. The van der Waals surface area contributed by atoms with Crippen LogP contribution in [0, 0.1) is 0 Å². The molecule has 0 atom stereocenters. The van der Waals surface area contributed by atoms with Crippen molar-refractivity contribution in [1.82, 2.24) is 5.32 Å². The molecule has 0 aliphatic carbocycles. The van der Waals surface area contributed by atoms with Gasteiger partial charge in [-0.15, -0.1) is 0 Å². The number of anilines is 1. The summed E-state index contributed by atoms with van der Waals surface area (Å²) in [6.07, 6.45) is 1.37. The van der Waals surface area contributed by atoms with Gasteiger partial charge in [0.15, 0.2) is 3.79 Å². The average Bonchev–Trinajstić information content (AvgIpc) is 2.37. The number of rotatable bonds is 7. The van der Waals surface area contributed by atoms with Crippen LogP contribution in [0.5, 0.6) is 0 Å². The van der Waals surface area contributed by atoms with Crippen molar-refractivity contribution < 1.29 is 14.4 Å². The zero-order valence-corrected chi connectivity index (χ0v) is 13.4. The molecule has 0 saturated carbocycles. The summed E-state index contributed by atoms with van der Waals surface area (Å²) in [5.74, 6) is -0.171. The first-order valence-corrected chi connectivity index (χ1v) is 7.37. The summed E-state index contributed by atoms with van der Waals surface area (Å²) in [6.45, 7) is 1.85. The van der Waals surface area contributed by atoms with E-state index in [4.69, 9.17) is 0 Å². The van der Waals surface area contributed by atoms with Crippen molar-refractivity contribution in [1.29, 1.82) is 0 Å². The lowest BCUT2D eigenvalue weighted by Gasteiger charge is -2.05. The van der Waals surface area contributed by atoms with E-state index in [0.717, 1.165) is 11.3 Å². The van der Waals surface area contributed by atoms with Crippen molar-refractivity contribution in [2.75, 3.05) is 11.9 Å².